The maximum absolute atomic E-state index is 12.9. The zero-order valence-electron chi connectivity index (χ0n) is 10.8. The fourth-order valence-electron chi connectivity index (χ4n) is 2.55. The molecule has 1 saturated heterocycles. The average Bonchev–Trinajstić information content (AvgIpc) is 2.49. The zero-order chi connectivity index (χ0) is 14.3. The molecule has 0 bridgehead atoms. The minimum Gasteiger partial charge on any atom is -0.394 e. The second-order valence-corrected chi connectivity index (χ2v) is 4.87. The van der Waals surface area contributed by atoms with E-state index in [1.807, 2.05) is 4.90 Å². The van der Waals surface area contributed by atoms with Gasteiger partial charge in [0.25, 0.3) is 10.9 Å². The van der Waals surface area contributed by atoms with E-state index in [-0.39, 0.29) is 11.5 Å². The van der Waals surface area contributed by atoms with E-state index in [1.54, 1.807) is 12.1 Å². The smallest absolute Gasteiger partial charge is 0.253 e. The number of nitrogen functional groups attached to an aromatic ring is 1. The first-order chi connectivity index (χ1) is 9.58. The molecule has 0 aliphatic carbocycles. The first-order valence-electron chi connectivity index (χ1n) is 6.42. The third kappa shape index (κ3) is 1.93. The predicted octanol–water partition coefficient (Wildman–Crippen LogP) is 0.331. The largest absolute Gasteiger partial charge is 0.394 e. The Morgan fingerprint density at radius 2 is 1.45 bits per heavy atom. The average molecular weight is 275 g/mol. The topological polar surface area (TPSA) is 66.6 Å². The molecule has 2 aromatic rings. The summed E-state index contributed by atoms with van der Waals surface area (Å²) in [5.41, 5.74) is 5.87. The third-order valence-electron chi connectivity index (χ3n) is 3.71. The van der Waals surface area contributed by atoms with Crippen molar-refractivity contribution in [2.24, 2.45) is 0 Å². The van der Waals surface area contributed by atoms with Crippen LogP contribution < -0.4 is 26.4 Å². The molecule has 0 radical (unpaired) electrons. The van der Waals surface area contributed by atoms with Crippen LogP contribution in [0.15, 0.2) is 33.9 Å². The highest BCUT2D eigenvalue weighted by Gasteiger charge is 2.26. The van der Waals surface area contributed by atoms with Crippen LogP contribution in [0.4, 0.5) is 21.5 Å². The van der Waals surface area contributed by atoms with Crippen molar-refractivity contribution in [2.45, 2.75) is 0 Å². The summed E-state index contributed by atoms with van der Waals surface area (Å²) in [6, 6.07) is 6.32. The van der Waals surface area contributed by atoms with Crippen LogP contribution >= 0.6 is 0 Å². The molecule has 0 spiro atoms. The van der Waals surface area contributed by atoms with Gasteiger partial charge in [-0.15, -0.1) is 0 Å². The van der Waals surface area contributed by atoms with E-state index in [1.165, 1.54) is 12.1 Å². The van der Waals surface area contributed by atoms with Gasteiger partial charge in [0.2, 0.25) is 0 Å². The van der Waals surface area contributed by atoms with Crippen LogP contribution in [0.3, 0.4) is 0 Å². The standard InChI is InChI=1S/C14H14FN3O2/c15-9-1-3-10(4-2-9)17-5-7-18(8-6-17)12-11(16)13(19)14(12)20/h1-4H,5-8,16H2. The maximum Gasteiger partial charge on any atom is 0.253 e. The van der Waals surface area contributed by atoms with Gasteiger partial charge in [0.1, 0.15) is 17.2 Å². The fraction of sp³-hybridized carbons (Fsp3) is 0.286. The molecule has 1 aliphatic heterocycles. The predicted molar refractivity (Wildman–Crippen MR) is 76.6 cm³/mol. The van der Waals surface area contributed by atoms with Crippen molar-refractivity contribution in [3.63, 3.8) is 0 Å². The van der Waals surface area contributed by atoms with Gasteiger partial charge in [0.05, 0.1) is 0 Å². The Labute approximate surface area is 114 Å². The van der Waals surface area contributed by atoms with Gasteiger partial charge in [-0.3, -0.25) is 9.59 Å². The fourth-order valence-corrected chi connectivity index (χ4v) is 2.55. The number of piperazine rings is 1. The van der Waals surface area contributed by atoms with Crippen LogP contribution in [0, 0.1) is 5.82 Å². The summed E-state index contributed by atoms with van der Waals surface area (Å²) < 4.78 is 12.9. The highest BCUT2D eigenvalue weighted by molar-refractivity contribution is 5.73. The van der Waals surface area contributed by atoms with Crippen molar-refractivity contribution in [2.75, 3.05) is 41.7 Å². The number of benzene rings is 1. The maximum atomic E-state index is 12.9. The zero-order valence-corrected chi connectivity index (χ0v) is 10.8. The van der Waals surface area contributed by atoms with Crippen molar-refractivity contribution < 1.29 is 4.39 Å². The molecule has 2 N–H and O–H groups in total. The summed E-state index contributed by atoms with van der Waals surface area (Å²) in [7, 11) is 0. The Kier molecular flexibility index (Phi) is 2.93. The van der Waals surface area contributed by atoms with Crippen LogP contribution in [0.5, 0.6) is 0 Å². The normalized spacial score (nSPS) is 15.8. The third-order valence-corrected chi connectivity index (χ3v) is 3.71. The van der Waals surface area contributed by atoms with Crippen molar-refractivity contribution in [1.82, 2.24) is 0 Å². The molecule has 1 fully saturated rings. The molecule has 1 aliphatic rings. The number of anilines is 3. The summed E-state index contributed by atoms with van der Waals surface area (Å²) in [5.74, 6) is -0.260. The van der Waals surface area contributed by atoms with E-state index in [2.05, 4.69) is 4.90 Å². The molecule has 2 aromatic carbocycles. The molecule has 0 atom stereocenters. The number of halogens is 1. The van der Waals surface area contributed by atoms with Crippen molar-refractivity contribution in [1.29, 1.82) is 0 Å². The lowest BCUT2D eigenvalue weighted by atomic mass is 10.1. The Morgan fingerprint density at radius 3 is 2.00 bits per heavy atom. The van der Waals surface area contributed by atoms with E-state index < -0.39 is 10.9 Å². The van der Waals surface area contributed by atoms with Crippen LogP contribution in [-0.2, 0) is 0 Å². The van der Waals surface area contributed by atoms with Gasteiger partial charge in [0.15, 0.2) is 0 Å². The number of nitrogens with two attached hydrogens (primary N) is 1. The van der Waals surface area contributed by atoms with Crippen LogP contribution in [0.25, 0.3) is 0 Å². The van der Waals surface area contributed by atoms with Gasteiger partial charge in [-0.2, -0.15) is 0 Å². The Hall–Kier alpha value is -2.37. The summed E-state index contributed by atoms with van der Waals surface area (Å²) in [4.78, 5) is 26.6. The lowest BCUT2D eigenvalue weighted by molar-refractivity contribution is 0.624. The quantitative estimate of drug-likeness (QED) is 0.800. The molecular formula is C14H14FN3O2. The van der Waals surface area contributed by atoms with Crippen molar-refractivity contribution in [3.8, 4) is 0 Å². The summed E-state index contributed by atoms with van der Waals surface area (Å²) in [6.07, 6.45) is 0. The van der Waals surface area contributed by atoms with Crippen molar-refractivity contribution in [3.05, 3.63) is 50.5 Å². The molecule has 5 nitrogen and oxygen atoms in total. The Balaban J connectivity index is 1.70. The molecule has 0 saturated carbocycles. The lowest BCUT2D eigenvalue weighted by Gasteiger charge is -2.37. The summed E-state index contributed by atoms with van der Waals surface area (Å²) in [5, 5.41) is 0. The molecule has 6 heteroatoms. The van der Waals surface area contributed by atoms with E-state index >= 15 is 0 Å². The number of rotatable bonds is 2. The molecular weight excluding hydrogens is 261 g/mol. The first-order valence-corrected chi connectivity index (χ1v) is 6.42. The highest BCUT2D eigenvalue weighted by atomic mass is 19.1. The van der Waals surface area contributed by atoms with Crippen LogP contribution in [0.2, 0.25) is 0 Å². The first kappa shape index (κ1) is 12.7. The summed E-state index contributed by atoms with van der Waals surface area (Å²) >= 11 is 0. The second kappa shape index (κ2) is 4.63. The molecule has 0 unspecified atom stereocenters. The highest BCUT2D eigenvalue weighted by Crippen LogP contribution is 2.21. The number of hydrogen-bond donors (Lipinski definition) is 1. The molecule has 0 aromatic heterocycles. The Morgan fingerprint density at radius 1 is 0.900 bits per heavy atom. The lowest BCUT2D eigenvalue weighted by Crippen LogP contribution is -2.51. The second-order valence-electron chi connectivity index (χ2n) is 4.87. The SMILES string of the molecule is Nc1c(N2CCN(c3ccc(F)cc3)CC2)c(=O)c1=O. The number of hydrogen-bond acceptors (Lipinski definition) is 5. The van der Waals surface area contributed by atoms with Gasteiger partial charge in [-0.25, -0.2) is 4.39 Å². The van der Waals surface area contributed by atoms with Gasteiger partial charge in [-0.1, -0.05) is 0 Å². The minimum absolute atomic E-state index is 0.0743. The van der Waals surface area contributed by atoms with E-state index in [9.17, 15) is 14.0 Å². The van der Waals surface area contributed by atoms with E-state index in [0.29, 0.717) is 31.9 Å². The molecule has 0 amide bonds. The number of nitrogens with zero attached hydrogens (tertiary/aromatic N) is 2. The molecule has 20 heavy (non-hydrogen) atoms. The van der Waals surface area contributed by atoms with E-state index in [4.69, 9.17) is 5.73 Å². The van der Waals surface area contributed by atoms with Gasteiger partial charge < -0.3 is 15.5 Å². The molecule has 1 heterocycles. The molecule has 104 valence electrons. The van der Waals surface area contributed by atoms with Crippen LogP contribution in [0.1, 0.15) is 0 Å². The van der Waals surface area contributed by atoms with Gasteiger partial charge in [-0.05, 0) is 24.3 Å². The van der Waals surface area contributed by atoms with Crippen LogP contribution in [-0.4, -0.2) is 26.2 Å². The molecule has 3 rings (SSSR count). The minimum atomic E-state index is -0.582. The van der Waals surface area contributed by atoms with Gasteiger partial charge >= 0.3 is 0 Å². The van der Waals surface area contributed by atoms with Gasteiger partial charge in [0, 0.05) is 31.9 Å². The Bertz CT molecular complexity index is 696. The summed E-state index contributed by atoms with van der Waals surface area (Å²) in [6.45, 7) is 2.63. The monoisotopic (exact) mass is 275 g/mol. The van der Waals surface area contributed by atoms with E-state index in [0.717, 1.165) is 5.69 Å². The van der Waals surface area contributed by atoms with Crippen molar-refractivity contribution >= 4 is 17.1 Å².